The van der Waals surface area contributed by atoms with Crippen LogP contribution in [0.2, 0.25) is 5.02 Å². The van der Waals surface area contributed by atoms with Crippen LogP contribution in [0.4, 0.5) is 5.69 Å². The van der Waals surface area contributed by atoms with Gasteiger partial charge >= 0.3 is 0 Å². The Bertz CT molecular complexity index is 535. The quantitative estimate of drug-likeness (QED) is 0.855. The fourth-order valence-corrected chi connectivity index (χ4v) is 3.49. The molecule has 2 aliphatic rings. The minimum atomic E-state index is 0.296. The minimum absolute atomic E-state index is 0.296. The van der Waals surface area contributed by atoms with Crippen LogP contribution in [0, 0.1) is 6.92 Å². The highest BCUT2D eigenvalue weighted by molar-refractivity contribution is 6.30. The smallest absolute Gasteiger partial charge is 0.236 e. The third-order valence-electron chi connectivity index (χ3n) is 4.70. The van der Waals surface area contributed by atoms with Gasteiger partial charge in [-0.25, -0.2) is 0 Å². The first-order valence-corrected chi connectivity index (χ1v) is 8.52. The molecule has 0 bridgehead atoms. The lowest BCUT2D eigenvalue weighted by Crippen LogP contribution is -2.50. The van der Waals surface area contributed by atoms with Gasteiger partial charge in [0.05, 0.1) is 6.54 Å². The summed E-state index contributed by atoms with van der Waals surface area (Å²) in [6.07, 6.45) is 2.32. The van der Waals surface area contributed by atoms with E-state index in [0.29, 0.717) is 12.5 Å². The molecule has 2 heterocycles. The minimum Gasteiger partial charge on any atom is -0.369 e. The number of anilines is 1. The standard InChI is InChI=1S/C17H24ClN3O/c1-14-4-5-15(18)12-16(14)20-10-8-19(9-11-20)13-17(22)21-6-2-3-7-21/h4-5,12H,2-3,6-11,13H2,1H3. The van der Waals surface area contributed by atoms with Crippen molar-refractivity contribution >= 4 is 23.2 Å². The summed E-state index contributed by atoms with van der Waals surface area (Å²) in [6.45, 7) is 8.36. The van der Waals surface area contributed by atoms with E-state index in [1.165, 1.54) is 11.3 Å². The number of carbonyl (C=O) groups excluding carboxylic acids is 1. The highest BCUT2D eigenvalue weighted by Crippen LogP contribution is 2.25. The van der Waals surface area contributed by atoms with Crippen molar-refractivity contribution in [3.8, 4) is 0 Å². The first-order valence-electron chi connectivity index (χ1n) is 8.15. The van der Waals surface area contributed by atoms with Crippen LogP contribution >= 0.6 is 11.6 Å². The number of carbonyl (C=O) groups is 1. The topological polar surface area (TPSA) is 26.8 Å². The Hall–Kier alpha value is -1.26. The average Bonchev–Trinajstić information content (AvgIpc) is 3.05. The van der Waals surface area contributed by atoms with Crippen LogP contribution in [0.5, 0.6) is 0 Å². The maximum absolute atomic E-state index is 12.2. The molecule has 5 heteroatoms. The molecule has 1 aromatic rings. The zero-order valence-electron chi connectivity index (χ0n) is 13.2. The number of amides is 1. The predicted octanol–water partition coefficient (Wildman–Crippen LogP) is 2.39. The van der Waals surface area contributed by atoms with Crippen molar-refractivity contribution in [2.75, 3.05) is 50.7 Å². The van der Waals surface area contributed by atoms with Crippen LogP contribution in [0.3, 0.4) is 0 Å². The van der Waals surface area contributed by atoms with Gasteiger partial charge in [0.1, 0.15) is 0 Å². The van der Waals surface area contributed by atoms with Gasteiger partial charge in [-0.2, -0.15) is 0 Å². The fourth-order valence-electron chi connectivity index (χ4n) is 3.33. The summed E-state index contributed by atoms with van der Waals surface area (Å²) in [6, 6.07) is 6.05. The van der Waals surface area contributed by atoms with Crippen molar-refractivity contribution in [3.63, 3.8) is 0 Å². The van der Waals surface area contributed by atoms with Crippen molar-refractivity contribution < 1.29 is 4.79 Å². The number of likely N-dealkylation sites (tertiary alicyclic amines) is 1. The molecule has 2 fully saturated rings. The Morgan fingerprint density at radius 3 is 2.45 bits per heavy atom. The van der Waals surface area contributed by atoms with E-state index < -0.39 is 0 Å². The third-order valence-corrected chi connectivity index (χ3v) is 4.94. The Balaban J connectivity index is 1.53. The lowest BCUT2D eigenvalue weighted by Gasteiger charge is -2.37. The van der Waals surface area contributed by atoms with Gasteiger partial charge < -0.3 is 9.80 Å². The van der Waals surface area contributed by atoms with Crippen molar-refractivity contribution in [2.45, 2.75) is 19.8 Å². The molecule has 0 saturated carbocycles. The summed E-state index contributed by atoms with van der Waals surface area (Å²) in [4.78, 5) is 18.9. The highest BCUT2D eigenvalue weighted by atomic mass is 35.5. The molecule has 0 aliphatic carbocycles. The molecule has 2 saturated heterocycles. The van der Waals surface area contributed by atoms with Crippen LogP contribution in [0.15, 0.2) is 18.2 Å². The number of piperazine rings is 1. The molecule has 22 heavy (non-hydrogen) atoms. The van der Waals surface area contributed by atoms with Gasteiger partial charge in [-0.15, -0.1) is 0 Å². The number of nitrogens with zero attached hydrogens (tertiary/aromatic N) is 3. The van der Waals surface area contributed by atoms with Crippen LogP contribution in [-0.4, -0.2) is 61.5 Å². The number of rotatable bonds is 3. The Labute approximate surface area is 137 Å². The second-order valence-corrected chi connectivity index (χ2v) is 6.72. The molecule has 0 N–H and O–H groups in total. The summed E-state index contributed by atoms with van der Waals surface area (Å²) in [5.41, 5.74) is 2.48. The van der Waals surface area contributed by atoms with Crippen molar-refractivity contribution in [2.24, 2.45) is 0 Å². The zero-order chi connectivity index (χ0) is 15.5. The third kappa shape index (κ3) is 3.55. The van der Waals surface area contributed by atoms with Crippen molar-refractivity contribution in [1.82, 2.24) is 9.80 Å². The van der Waals surface area contributed by atoms with Gasteiger partial charge in [-0.1, -0.05) is 17.7 Å². The Kier molecular flexibility index (Phi) is 4.89. The summed E-state index contributed by atoms with van der Waals surface area (Å²) in [7, 11) is 0. The molecule has 1 aromatic carbocycles. The van der Waals surface area contributed by atoms with Crippen LogP contribution < -0.4 is 4.90 Å². The van der Waals surface area contributed by atoms with Gasteiger partial charge in [0, 0.05) is 50.0 Å². The van der Waals surface area contributed by atoms with Crippen molar-refractivity contribution in [3.05, 3.63) is 28.8 Å². The predicted molar refractivity (Wildman–Crippen MR) is 90.7 cm³/mol. The van der Waals surface area contributed by atoms with Crippen LogP contribution in [0.25, 0.3) is 0 Å². The molecule has 0 unspecified atom stereocenters. The molecule has 0 spiro atoms. The van der Waals surface area contributed by atoms with E-state index >= 15 is 0 Å². The molecular weight excluding hydrogens is 298 g/mol. The Morgan fingerprint density at radius 2 is 1.77 bits per heavy atom. The van der Waals surface area contributed by atoms with E-state index in [-0.39, 0.29) is 0 Å². The first-order chi connectivity index (χ1) is 10.6. The first kappa shape index (κ1) is 15.6. The van der Waals surface area contributed by atoms with Crippen LogP contribution in [0.1, 0.15) is 18.4 Å². The number of hydrogen-bond donors (Lipinski definition) is 0. The van der Waals surface area contributed by atoms with Gasteiger partial charge in [-0.3, -0.25) is 9.69 Å². The maximum Gasteiger partial charge on any atom is 0.236 e. The molecule has 2 aliphatic heterocycles. The van der Waals surface area contributed by atoms with Gasteiger partial charge in [0.2, 0.25) is 5.91 Å². The molecule has 4 nitrogen and oxygen atoms in total. The van der Waals surface area contributed by atoms with Crippen LogP contribution in [-0.2, 0) is 4.79 Å². The number of benzene rings is 1. The van der Waals surface area contributed by atoms with E-state index in [1.807, 2.05) is 17.0 Å². The number of hydrogen-bond acceptors (Lipinski definition) is 3. The molecule has 0 aromatic heterocycles. The number of aryl methyl sites for hydroxylation is 1. The monoisotopic (exact) mass is 321 g/mol. The average molecular weight is 322 g/mol. The molecular formula is C17H24ClN3O. The maximum atomic E-state index is 12.2. The largest absolute Gasteiger partial charge is 0.369 e. The van der Waals surface area contributed by atoms with E-state index in [2.05, 4.69) is 22.8 Å². The second kappa shape index (κ2) is 6.88. The van der Waals surface area contributed by atoms with E-state index in [4.69, 9.17) is 11.6 Å². The summed E-state index contributed by atoms with van der Waals surface area (Å²) >= 11 is 6.12. The summed E-state index contributed by atoms with van der Waals surface area (Å²) in [5, 5.41) is 0.784. The molecule has 1 amide bonds. The molecule has 3 rings (SSSR count). The van der Waals surface area contributed by atoms with E-state index in [1.54, 1.807) is 0 Å². The normalized spacial score (nSPS) is 19.7. The molecule has 0 radical (unpaired) electrons. The van der Waals surface area contributed by atoms with E-state index in [0.717, 1.165) is 57.1 Å². The zero-order valence-corrected chi connectivity index (χ0v) is 14.0. The van der Waals surface area contributed by atoms with E-state index in [9.17, 15) is 4.79 Å². The summed E-state index contributed by atoms with van der Waals surface area (Å²) < 4.78 is 0. The SMILES string of the molecule is Cc1ccc(Cl)cc1N1CCN(CC(=O)N2CCCC2)CC1. The van der Waals surface area contributed by atoms with Gasteiger partial charge in [0.25, 0.3) is 0 Å². The molecule has 120 valence electrons. The fraction of sp³-hybridized carbons (Fsp3) is 0.588. The van der Waals surface area contributed by atoms with Crippen molar-refractivity contribution in [1.29, 1.82) is 0 Å². The second-order valence-electron chi connectivity index (χ2n) is 6.28. The summed E-state index contributed by atoms with van der Waals surface area (Å²) in [5.74, 6) is 0.296. The molecule has 0 atom stereocenters. The Morgan fingerprint density at radius 1 is 1.09 bits per heavy atom. The lowest BCUT2D eigenvalue weighted by molar-refractivity contribution is -0.131. The highest BCUT2D eigenvalue weighted by Gasteiger charge is 2.24. The lowest BCUT2D eigenvalue weighted by atomic mass is 10.1. The number of halogens is 1. The van der Waals surface area contributed by atoms with Gasteiger partial charge in [0.15, 0.2) is 0 Å². The van der Waals surface area contributed by atoms with Gasteiger partial charge in [-0.05, 0) is 37.5 Å².